The maximum atomic E-state index is 11.8. The van der Waals surface area contributed by atoms with Gasteiger partial charge in [-0.3, -0.25) is 9.59 Å². The Morgan fingerprint density at radius 3 is 2.40 bits per heavy atom. The number of nitrogens with one attached hydrogen (secondary N) is 2. The highest BCUT2D eigenvalue weighted by Crippen LogP contribution is 2.24. The summed E-state index contributed by atoms with van der Waals surface area (Å²) in [5.74, 6) is -1.75. The molecule has 5 nitrogen and oxygen atoms in total. The molecular weight excluding hydrogens is 361 g/mol. The van der Waals surface area contributed by atoms with E-state index >= 15 is 0 Å². The summed E-state index contributed by atoms with van der Waals surface area (Å²) in [5.41, 5.74) is 4.09. The molecule has 0 atom stereocenters. The van der Waals surface area contributed by atoms with Crippen molar-refractivity contribution < 1.29 is 9.59 Å². The summed E-state index contributed by atoms with van der Waals surface area (Å²) in [4.78, 5) is 23.6. The third kappa shape index (κ3) is 6.06. The molecule has 0 aliphatic heterocycles. The molecule has 0 heterocycles. The van der Waals surface area contributed by atoms with Gasteiger partial charge in [0.2, 0.25) is 0 Å². The molecule has 2 aromatic carbocycles. The van der Waals surface area contributed by atoms with E-state index in [9.17, 15) is 9.59 Å². The molecule has 2 aromatic rings. The van der Waals surface area contributed by atoms with Crippen molar-refractivity contribution >= 4 is 52.5 Å². The van der Waals surface area contributed by atoms with Crippen molar-refractivity contribution in [1.82, 2.24) is 5.43 Å². The van der Waals surface area contributed by atoms with E-state index in [2.05, 4.69) is 15.8 Å². The molecule has 2 rings (SSSR count). The van der Waals surface area contributed by atoms with Gasteiger partial charge in [0.15, 0.2) is 0 Å². The molecule has 0 saturated carbocycles. The third-order valence-electron chi connectivity index (χ3n) is 3.03. The van der Waals surface area contributed by atoms with Crippen LogP contribution in [0.5, 0.6) is 0 Å². The van der Waals surface area contributed by atoms with Gasteiger partial charge < -0.3 is 5.32 Å². The van der Waals surface area contributed by atoms with Crippen LogP contribution < -0.4 is 10.7 Å². The monoisotopic (exact) mass is 375 g/mol. The summed E-state index contributed by atoms with van der Waals surface area (Å²) in [5, 5.41) is 6.90. The molecule has 128 valence electrons. The number of anilines is 1. The van der Waals surface area contributed by atoms with Crippen molar-refractivity contribution in [2.45, 2.75) is 6.92 Å². The van der Waals surface area contributed by atoms with E-state index in [1.807, 2.05) is 36.4 Å². The molecule has 0 saturated heterocycles. The quantitative estimate of drug-likeness (QED) is 0.478. The zero-order valence-corrected chi connectivity index (χ0v) is 14.8. The highest BCUT2D eigenvalue weighted by atomic mass is 35.5. The fourth-order valence-corrected chi connectivity index (χ4v) is 2.07. The molecule has 7 heteroatoms. The zero-order valence-electron chi connectivity index (χ0n) is 13.3. The molecule has 0 aliphatic rings. The number of hydrogen-bond donors (Lipinski definition) is 2. The third-order valence-corrected chi connectivity index (χ3v) is 3.77. The number of halogens is 2. The van der Waals surface area contributed by atoms with Crippen molar-refractivity contribution in [3.05, 3.63) is 70.2 Å². The van der Waals surface area contributed by atoms with E-state index in [-0.39, 0.29) is 5.02 Å². The zero-order chi connectivity index (χ0) is 18.2. The minimum absolute atomic E-state index is 0.278. The number of allylic oxidation sites excluding steroid dienone is 1. The van der Waals surface area contributed by atoms with Gasteiger partial charge in [-0.05, 0) is 36.8 Å². The SMILES string of the molecule is CC(/C=C/c1ccccc1)=N/NC(=O)C(=O)Nc1ccc(Cl)c(Cl)c1. The Morgan fingerprint density at radius 1 is 1.00 bits per heavy atom. The maximum Gasteiger partial charge on any atom is 0.329 e. The molecule has 0 bridgehead atoms. The highest BCUT2D eigenvalue weighted by molar-refractivity contribution is 6.43. The number of amides is 2. The summed E-state index contributed by atoms with van der Waals surface area (Å²) >= 11 is 11.6. The number of benzene rings is 2. The Bertz CT molecular complexity index is 833. The first-order chi connectivity index (χ1) is 12.0. The second kappa shape index (κ2) is 9.01. The number of carbonyl (C=O) groups is 2. The van der Waals surface area contributed by atoms with Crippen molar-refractivity contribution in [2.24, 2.45) is 5.10 Å². The van der Waals surface area contributed by atoms with Gasteiger partial charge in [-0.1, -0.05) is 59.6 Å². The number of carbonyl (C=O) groups excluding carboxylic acids is 2. The lowest BCUT2D eigenvalue weighted by Gasteiger charge is -2.05. The van der Waals surface area contributed by atoms with Gasteiger partial charge in [0, 0.05) is 5.69 Å². The summed E-state index contributed by atoms with van der Waals surface area (Å²) in [6.45, 7) is 1.70. The highest BCUT2D eigenvalue weighted by Gasteiger charge is 2.13. The Hall–Kier alpha value is -2.63. The molecule has 0 aromatic heterocycles. The summed E-state index contributed by atoms with van der Waals surface area (Å²) in [6.07, 6.45) is 3.58. The lowest BCUT2D eigenvalue weighted by molar-refractivity contribution is -0.136. The first-order valence-corrected chi connectivity index (χ1v) is 8.05. The number of hydrazone groups is 1. The van der Waals surface area contributed by atoms with Crippen molar-refractivity contribution in [3.63, 3.8) is 0 Å². The molecule has 0 fully saturated rings. The molecule has 2 amide bonds. The lowest BCUT2D eigenvalue weighted by Crippen LogP contribution is -2.32. The first-order valence-electron chi connectivity index (χ1n) is 7.29. The second-order valence-corrected chi connectivity index (χ2v) is 5.84. The van der Waals surface area contributed by atoms with Crippen LogP contribution in [0.25, 0.3) is 6.08 Å². The fraction of sp³-hybridized carbons (Fsp3) is 0.0556. The average Bonchev–Trinajstić information content (AvgIpc) is 2.61. The van der Waals surface area contributed by atoms with E-state index < -0.39 is 11.8 Å². The first kappa shape index (κ1) is 18.7. The summed E-state index contributed by atoms with van der Waals surface area (Å²) < 4.78 is 0. The Labute approximate surface area is 155 Å². The van der Waals surface area contributed by atoms with Crippen LogP contribution in [0, 0.1) is 0 Å². The Balaban J connectivity index is 1.90. The molecule has 25 heavy (non-hydrogen) atoms. The normalized spacial score (nSPS) is 11.4. The van der Waals surface area contributed by atoms with Gasteiger partial charge in [0.05, 0.1) is 15.8 Å². The van der Waals surface area contributed by atoms with Crippen LogP contribution in [-0.4, -0.2) is 17.5 Å². The fourth-order valence-electron chi connectivity index (χ4n) is 1.77. The predicted octanol–water partition coefficient (Wildman–Crippen LogP) is 4.14. The molecule has 0 aliphatic carbocycles. The molecule has 0 radical (unpaired) electrons. The van der Waals surface area contributed by atoms with Crippen LogP contribution in [0.2, 0.25) is 10.0 Å². The number of hydrogen-bond acceptors (Lipinski definition) is 3. The smallest absolute Gasteiger partial charge is 0.318 e. The van der Waals surface area contributed by atoms with Crippen molar-refractivity contribution in [1.29, 1.82) is 0 Å². The van der Waals surface area contributed by atoms with Crippen LogP contribution in [-0.2, 0) is 9.59 Å². The van der Waals surface area contributed by atoms with E-state index in [0.29, 0.717) is 16.4 Å². The van der Waals surface area contributed by atoms with E-state index in [0.717, 1.165) is 5.56 Å². The minimum Gasteiger partial charge on any atom is -0.318 e. The summed E-state index contributed by atoms with van der Waals surface area (Å²) in [7, 11) is 0. The minimum atomic E-state index is -0.890. The van der Waals surface area contributed by atoms with Gasteiger partial charge in [-0.25, -0.2) is 5.43 Å². The van der Waals surface area contributed by atoms with Crippen LogP contribution >= 0.6 is 23.2 Å². The van der Waals surface area contributed by atoms with Gasteiger partial charge in [0.25, 0.3) is 0 Å². The largest absolute Gasteiger partial charge is 0.329 e. The van der Waals surface area contributed by atoms with E-state index in [1.165, 1.54) is 18.2 Å². The Kier molecular flexibility index (Phi) is 6.74. The van der Waals surface area contributed by atoms with Crippen LogP contribution in [0.15, 0.2) is 59.7 Å². The van der Waals surface area contributed by atoms with Gasteiger partial charge in [-0.2, -0.15) is 5.10 Å². The molecular formula is C18H15Cl2N3O2. The summed E-state index contributed by atoms with van der Waals surface area (Å²) in [6, 6.07) is 14.1. The predicted molar refractivity (Wildman–Crippen MR) is 102 cm³/mol. The van der Waals surface area contributed by atoms with Crippen LogP contribution in [0.1, 0.15) is 12.5 Å². The topological polar surface area (TPSA) is 70.6 Å². The second-order valence-electron chi connectivity index (χ2n) is 5.02. The van der Waals surface area contributed by atoms with E-state index in [1.54, 1.807) is 13.0 Å². The van der Waals surface area contributed by atoms with Crippen molar-refractivity contribution in [3.8, 4) is 0 Å². The average molecular weight is 376 g/mol. The molecule has 0 spiro atoms. The molecule has 0 unspecified atom stereocenters. The Morgan fingerprint density at radius 2 is 1.72 bits per heavy atom. The number of rotatable bonds is 4. The lowest BCUT2D eigenvalue weighted by atomic mass is 10.2. The standard InChI is InChI=1S/C18H15Cl2N3O2/c1-12(7-8-13-5-3-2-4-6-13)22-23-18(25)17(24)21-14-9-10-15(19)16(20)11-14/h2-11H,1H3,(H,21,24)(H,23,25)/b8-7+,22-12-. The van der Waals surface area contributed by atoms with Crippen LogP contribution in [0.3, 0.4) is 0 Å². The number of nitrogens with zero attached hydrogens (tertiary/aromatic N) is 1. The van der Waals surface area contributed by atoms with Gasteiger partial charge in [-0.15, -0.1) is 0 Å². The molecule has 2 N–H and O–H groups in total. The van der Waals surface area contributed by atoms with Crippen LogP contribution in [0.4, 0.5) is 5.69 Å². The van der Waals surface area contributed by atoms with E-state index in [4.69, 9.17) is 23.2 Å². The van der Waals surface area contributed by atoms with Gasteiger partial charge in [0.1, 0.15) is 0 Å². The van der Waals surface area contributed by atoms with Gasteiger partial charge >= 0.3 is 11.8 Å². The maximum absolute atomic E-state index is 11.8. The van der Waals surface area contributed by atoms with Crippen molar-refractivity contribution in [2.75, 3.05) is 5.32 Å².